The predicted octanol–water partition coefficient (Wildman–Crippen LogP) is 1.32. The minimum absolute atomic E-state index is 0.0928. The van der Waals surface area contributed by atoms with Gasteiger partial charge in [-0.1, -0.05) is 0 Å². The highest BCUT2D eigenvalue weighted by atomic mass is 19.1. The number of hydrogen-bond acceptors (Lipinski definition) is 4. The van der Waals surface area contributed by atoms with Crippen molar-refractivity contribution < 1.29 is 18.7 Å². The van der Waals surface area contributed by atoms with Crippen molar-refractivity contribution in [3.8, 4) is 0 Å². The molecule has 0 saturated carbocycles. The van der Waals surface area contributed by atoms with Crippen LogP contribution in [-0.2, 0) is 14.3 Å². The summed E-state index contributed by atoms with van der Waals surface area (Å²) < 4.78 is 23.4. The third kappa shape index (κ3) is 6.61. The van der Waals surface area contributed by atoms with Crippen LogP contribution in [0.1, 0.15) is 6.42 Å². The highest BCUT2D eigenvalue weighted by Gasteiger charge is 2.25. The smallest absolute Gasteiger partial charge is 0.243 e. The van der Waals surface area contributed by atoms with Crippen molar-refractivity contribution in [3.05, 3.63) is 30.1 Å². The first kappa shape index (κ1) is 20.1. The van der Waals surface area contributed by atoms with Crippen LogP contribution in [-0.4, -0.2) is 70.4 Å². The van der Waals surface area contributed by atoms with E-state index in [1.165, 1.54) is 24.3 Å². The fraction of sp³-hybridized carbons (Fsp3) is 0.556. The average molecular weight is 366 g/mol. The van der Waals surface area contributed by atoms with Crippen molar-refractivity contribution >= 4 is 17.6 Å². The summed E-state index contributed by atoms with van der Waals surface area (Å²) in [7, 11) is 3.35. The molecule has 2 N–H and O–H groups in total. The van der Waals surface area contributed by atoms with E-state index < -0.39 is 0 Å². The second-order valence-electron chi connectivity index (χ2n) is 6.12. The molecule has 8 heteroatoms. The van der Waals surface area contributed by atoms with E-state index in [1.807, 2.05) is 0 Å². The van der Waals surface area contributed by atoms with Crippen molar-refractivity contribution in [1.29, 1.82) is 0 Å². The molecule has 2 rings (SSSR count). The first-order chi connectivity index (χ1) is 12.6. The lowest BCUT2D eigenvalue weighted by Gasteiger charge is -2.21. The maximum atomic E-state index is 12.9. The van der Waals surface area contributed by atoms with Crippen LogP contribution in [0.3, 0.4) is 0 Å². The molecule has 1 aliphatic heterocycles. The second kappa shape index (κ2) is 10.7. The van der Waals surface area contributed by atoms with Gasteiger partial charge in [0.25, 0.3) is 0 Å². The number of anilines is 1. The summed E-state index contributed by atoms with van der Waals surface area (Å²) >= 11 is 0. The zero-order valence-electron chi connectivity index (χ0n) is 15.3. The van der Waals surface area contributed by atoms with Crippen LogP contribution in [0.15, 0.2) is 29.3 Å². The number of aliphatic imine (C=N–C) groups is 1. The molecule has 1 aromatic rings. The SMILES string of the molecule is CN=C(NCC(=O)Nc1ccc(F)cc1)N1CCC(COCCOC)C1. The van der Waals surface area contributed by atoms with Crippen LogP contribution >= 0.6 is 0 Å². The van der Waals surface area contributed by atoms with Crippen molar-refractivity contribution in [3.63, 3.8) is 0 Å². The number of halogens is 1. The van der Waals surface area contributed by atoms with Gasteiger partial charge in [0, 0.05) is 38.9 Å². The molecule has 26 heavy (non-hydrogen) atoms. The standard InChI is InChI=1S/C18H27FN4O3/c1-20-18(23-8-7-14(12-23)13-26-10-9-25-2)21-11-17(24)22-16-5-3-15(19)4-6-16/h3-6,14H,7-13H2,1-2H3,(H,20,21)(H,22,24). The number of ether oxygens (including phenoxy) is 2. The summed E-state index contributed by atoms with van der Waals surface area (Å²) in [6.45, 7) is 3.70. The number of amides is 1. The van der Waals surface area contributed by atoms with Crippen LogP contribution < -0.4 is 10.6 Å². The zero-order chi connectivity index (χ0) is 18.8. The normalized spacial score (nSPS) is 17.4. The lowest BCUT2D eigenvalue weighted by atomic mass is 10.1. The van der Waals surface area contributed by atoms with Crippen molar-refractivity contribution in [2.24, 2.45) is 10.9 Å². The molecule has 0 aliphatic carbocycles. The van der Waals surface area contributed by atoms with Gasteiger partial charge < -0.3 is 25.0 Å². The first-order valence-electron chi connectivity index (χ1n) is 8.70. The Morgan fingerprint density at radius 3 is 2.81 bits per heavy atom. The van der Waals surface area contributed by atoms with Crippen LogP contribution in [0, 0.1) is 11.7 Å². The lowest BCUT2D eigenvalue weighted by molar-refractivity contribution is -0.115. The Hall–Kier alpha value is -2.19. The molecular formula is C18H27FN4O3. The van der Waals surface area contributed by atoms with Crippen molar-refractivity contribution in [2.75, 3.05) is 58.9 Å². The van der Waals surface area contributed by atoms with Crippen LogP contribution in [0.2, 0.25) is 0 Å². The van der Waals surface area contributed by atoms with Gasteiger partial charge >= 0.3 is 0 Å². The van der Waals surface area contributed by atoms with Gasteiger partial charge in [-0.15, -0.1) is 0 Å². The molecule has 144 valence electrons. The molecule has 1 heterocycles. The Labute approximate surface area is 153 Å². The molecule has 0 radical (unpaired) electrons. The quantitative estimate of drug-likeness (QED) is 0.412. The molecule has 1 aromatic carbocycles. The number of carbonyl (C=O) groups excluding carboxylic acids is 1. The molecule has 0 aromatic heterocycles. The van der Waals surface area contributed by atoms with Gasteiger partial charge in [-0.3, -0.25) is 9.79 Å². The third-order valence-electron chi connectivity index (χ3n) is 4.12. The minimum atomic E-state index is -0.337. The lowest BCUT2D eigenvalue weighted by Crippen LogP contribution is -2.43. The largest absolute Gasteiger partial charge is 0.382 e. The summed E-state index contributed by atoms with van der Waals surface area (Å²) in [5.74, 6) is 0.588. The van der Waals surface area contributed by atoms with E-state index in [0.29, 0.717) is 37.4 Å². The molecule has 1 amide bonds. The second-order valence-corrected chi connectivity index (χ2v) is 6.12. The van der Waals surface area contributed by atoms with Gasteiger partial charge in [-0.25, -0.2) is 4.39 Å². The Morgan fingerprint density at radius 2 is 2.12 bits per heavy atom. The zero-order valence-corrected chi connectivity index (χ0v) is 15.3. The molecule has 7 nitrogen and oxygen atoms in total. The van der Waals surface area contributed by atoms with E-state index in [1.54, 1.807) is 14.2 Å². The molecule has 0 spiro atoms. The van der Waals surface area contributed by atoms with Gasteiger partial charge in [0.15, 0.2) is 5.96 Å². The van der Waals surface area contributed by atoms with Gasteiger partial charge in [0.1, 0.15) is 5.82 Å². The summed E-state index contributed by atoms with van der Waals surface area (Å²) in [5.41, 5.74) is 0.558. The minimum Gasteiger partial charge on any atom is -0.382 e. The van der Waals surface area contributed by atoms with E-state index in [2.05, 4.69) is 20.5 Å². The van der Waals surface area contributed by atoms with Crippen LogP contribution in [0.5, 0.6) is 0 Å². The van der Waals surface area contributed by atoms with Crippen molar-refractivity contribution in [1.82, 2.24) is 10.2 Å². The van der Waals surface area contributed by atoms with Gasteiger partial charge in [-0.05, 0) is 30.7 Å². The van der Waals surface area contributed by atoms with E-state index in [9.17, 15) is 9.18 Å². The summed E-state index contributed by atoms with van der Waals surface area (Å²) in [6, 6.07) is 5.66. The molecular weight excluding hydrogens is 339 g/mol. The number of nitrogens with one attached hydrogen (secondary N) is 2. The number of methoxy groups -OCH3 is 1. The average Bonchev–Trinajstić information content (AvgIpc) is 3.10. The fourth-order valence-corrected chi connectivity index (χ4v) is 2.78. The topological polar surface area (TPSA) is 75.2 Å². The molecule has 0 bridgehead atoms. The van der Waals surface area contributed by atoms with E-state index in [-0.39, 0.29) is 18.3 Å². The van der Waals surface area contributed by atoms with E-state index in [4.69, 9.17) is 9.47 Å². The molecule has 1 aliphatic rings. The summed E-state index contributed by atoms with van der Waals surface area (Å²) in [4.78, 5) is 18.4. The third-order valence-corrected chi connectivity index (χ3v) is 4.12. The summed E-state index contributed by atoms with van der Waals surface area (Å²) in [5, 5.41) is 5.78. The Kier molecular flexibility index (Phi) is 8.30. The van der Waals surface area contributed by atoms with Crippen molar-refractivity contribution in [2.45, 2.75) is 6.42 Å². The predicted molar refractivity (Wildman–Crippen MR) is 98.8 cm³/mol. The fourth-order valence-electron chi connectivity index (χ4n) is 2.78. The molecule has 1 saturated heterocycles. The number of guanidine groups is 1. The van der Waals surface area contributed by atoms with E-state index >= 15 is 0 Å². The van der Waals surface area contributed by atoms with Gasteiger partial charge in [0.05, 0.1) is 26.4 Å². The number of benzene rings is 1. The monoisotopic (exact) mass is 366 g/mol. The highest BCUT2D eigenvalue weighted by molar-refractivity contribution is 5.95. The Morgan fingerprint density at radius 1 is 1.35 bits per heavy atom. The Bertz CT molecular complexity index is 595. The Balaban J connectivity index is 1.72. The maximum absolute atomic E-state index is 12.9. The van der Waals surface area contributed by atoms with E-state index in [0.717, 1.165) is 19.5 Å². The first-order valence-corrected chi connectivity index (χ1v) is 8.70. The number of carbonyl (C=O) groups is 1. The number of nitrogens with zero attached hydrogens (tertiary/aromatic N) is 2. The van der Waals surface area contributed by atoms with Gasteiger partial charge in [-0.2, -0.15) is 0 Å². The summed E-state index contributed by atoms with van der Waals surface area (Å²) in [6.07, 6.45) is 1.02. The number of hydrogen-bond donors (Lipinski definition) is 2. The number of likely N-dealkylation sites (tertiary alicyclic amines) is 1. The van der Waals surface area contributed by atoms with Crippen LogP contribution in [0.4, 0.5) is 10.1 Å². The van der Waals surface area contributed by atoms with Crippen LogP contribution in [0.25, 0.3) is 0 Å². The van der Waals surface area contributed by atoms with Gasteiger partial charge in [0.2, 0.25) is 5.91 Å². The highest BCUT2D eigenvalue weighted by Crippen LogP contribution is 2.16. The molecule has 1 unspecified atom stereocenters. The molecule has 1 atom stereocenters. The number of rotatable bonds is 8. The molecule has 1 fully saturated rings. The maximum Gasteiger partial charge on any atom is 0.243 e.